The highest BCUT2D eigenvalue weighted by molar-refractivity contribution is 6.05. The summed E-state index contributed by atoms with van der Waals surface area (Å²) in [7, 11) is 0. The molecule has 1 saturated heterocycles. The molecule has 0 atom stereocenters. The molecule has 1 heterocycles. The van der Waals surface area contributed by atoms with Crippen LogP contribution in [0.5, 0.6) is 0 Å². The number of carboxylic acid groups (broad SMARTS) is 1. The van der Waals surface area contributed by atoms with E-state index in [4.69, 9.17) is 9.47 Å². The van der Waals surface area contributed by atoms with E-state index in [1.807, 2.05) is 0 Å². The average molecular weight is 470 g/mol. The van der Waals surface area contributed by atoms with E-state index in [-0.39, 0.29) is 25.9 Å². The number of amides is 1. The van der Waals surface area contributed by atoms with Gasteiger partial charge in [0, 0.05) is 32.0 Å². The van der Waals surface area contributed by atoms with Gasteiger partial charge in [0.25, 0.3) is 5.69 Å². The highest BCUT2D eigenvalue weighted by Crippen LogP contribution is 2.38. The standard InChI is InChI=1S/C24H26N2O8/c1-23(2,3)34-22(30)25-14-12-24(13-15-25,16-8-5-4-6-9-16)33-21(29)17-10-7-11-18(26(31)32)19(17)20(27)28/h4-11H,12-15H2,1-3H3,(H,27,28). The number of likely N-dealkylation sites (tertiary alicyclic amines) is 1. The lowest BCUT2D eigenvalue weighted by Gasteiger charge is -2.41. The molecule has 1 amide bonds. The molecule has 1 aliphatic heterocycles. The molecule has 0 spiro atoms. The second-order valence-electron chi connectivity index (χ2n) is 8.98. The largest absolute Gasteiger partial charge is 0.477 e. The molecule has 0 unspecified atom stereocenters. The number of esters is 1. The lowest BCUT2D eigenvalue weighted by Crippen LogP contribution is -2.48. The monoisotopic (exact) mass is 470 g/mol. The number of rotatable bonds is 5. The van der Waals surface area contributed by atoms with Crippen LogP contribution >= 0.6 is 0 Å². The molecule has 2 aromatic rings. The lowest BCUT2D eigenvalue weighted by atomic mass is 9.84. The molecule has 10 nitrogen and oxygen atoms in total. The normalized spacial score (nSPS) is 15.3. The number of nitrogens with zero attached hydrogens (tertiary/aromatic N) is 2. The highest BCUT2D eigenvalue weighted by Gasteiger charge is 2.43. The Labute approximate surface area is 196 Å². The van der Waals surface area contributed by atoms with Gasteiger partial charge in [-0.25, -0.2) is 14.4 Å². The molecule has 0 saturated carbocycles. The van der Waals surface area contributed by atoms with Gasteiger partial charge in [-0.3, -0.25) is 10.1 Å². The van der Waals surface area contributed by atoms with Crippen molar-refractivity contribution in [1.29, 1.82) is 0 Å². The van der Waals surface area contributed by atoms with E-state index in [1.54, 1.807) is 51.1 Å². The number of carboxylic acids is 1. The first-order valence-corrected chi connectivity index (χ1v) is 10.7. The maximum atomic E-state index is 13.2. The molecule has 0 aromatic heterocycles. The van der Waals surface area contributed by atoms with E-state index in [2.05, 4.69) is 0 Å². The Kier molecular flexibility index (Phi) is 6.90. The summed E-state index contributed by atoms with van der Waals surface area (Å²) in [6.45, 7) is 5.77. The highest BCUT2D eigenvalue weighted by atomic mass is 16.6. The Morgan fingerprint density at radius 1 is 1.03 bits per heavy atom. The molecule has 180 valence electrons. The van der Waals surface area contributed by atoms with Gasteiger partial charge in [-0.05, 0) is 32.4 Å². The third-order valence-corrected chi connectivity index (χ3v) is 5.48. The minimum atomic E-state index is -1.60. The maximum Gasteiger partial charge on any atom is 0.410 e. The minimum absolute atomic E-state index is 0.234. The Hall–Kier alpha value is -3.95. The van der Waals surface area contributed by atoms with Gasteiger partial charge in [0.05, 0.1) is 10.5 Å². The predicted octanol–water partition coefficient (Wildman–Crippen LogP) is 4.38. The van der Waals surface area contributed by atoms with Crippen molar-refractivity contribution in [2.45, 2.75) is 44.8 Å². The number of hydrogen-bond acceptors (Lipinski definition) is 7. The van der Waals surface area contributed by atoms with E-state index in [9.17, 15) is 29.6 Å². The van der Waals surface area contributed by atoms with E-state index in [0.717, 1.165) is 6.07 Å². The van der Waals surface area contributed by atoms with Gasteiger partial charge in [-0.2, -0.15) is 0 Å². The molecular formula is C24H26N2O8. The number of ether oxygens (including phenoxy) is 2. The van der Waals surface area contributed by atoms with E-state index < -0.39 is 51.0 Å². The lowest BCUT2D eigenvalue weighted by molar-refractivity contribution is -0.385. The summed E-state index contributed by atoms with van der Waals surface area (Å²) in [5, 5.41) is 20.9. The molecule has 34 heavy (non-hydrogen) atoms. The number of hydrogen-bond donors (Lipinski definition) is 1. The second-order valence-corrected chi connectivity index (χ2v) is 8.98. The van der Waals surface area contributed by atoms with Crippen LogP contribution in [0, 0.1) is 10.1 Å². The number of nitro groups is 1. The summed E-state index contributed by atoms with van der Waals surface area (Å²) < 4.78 is 11.3. The molecule has 1 fully saturated rings. The van der Waals surface area contributed by atoms with Gasteiger partial charge < -0.3 is 19.5 Å². The van der Waals surface area contributed by atoms with E-state index in [1.165, 1.54) is 17.0 Å². The Morgan fingerprint density at radius 3 is 2.18 bits per heavy atom. The fourth-order valence-electron chi connectivity index (χ4n) is 3.89. The summed E-state index contributed by atoms with van der Waals surface area (Å²) >= 11 is 0. The zero-order valence-electron chi connectivity index (χ0n) is 19.1. The van der Waals surface area contributed by atoms with Crippen molar-refractivity contribution >= 4 is 23.7 Å². The molecule has 3 rings (SSSR count). The van der Waals surface area contributed by atoms with Gasteiger partial charge in [-0.1, -0.05) is 36.4 Å². The molecule has 10 heteroatoms. The summed E-state index contributed by atoms with van der Waals surface area (Å²) in [6, 6.07) is 12.4. The van der Waals surface area contributed by atoms with Crippen molar-refractivity contribution in [1.82, 2.24) is 4.90 Å². The van der Waals surface area contributed by atoms with E-state index in [0.29, 0.717) is 5.56 Å². The molecule has 0 aliphatic carbocycles. The van der Waals surface area contributed by atoms with Gasteiger partial charge in [-0.15, -0.1) is 0 Å². The fraction of sp³-hybridized carbons (Fsp3) is 0.375. The SMILES string of the molecule is CC(C)(C)OC(=O)N1CCC(OC(=O)c2cccc([N+](=O)[O-])c2C(=O)O)(c2ccccc2)CC1. The topological polar surface area (TPSA) is 136 Å². The first-order valence-electron chi connectivity index (χ1n) is 10.7. The van der Waals surface area contributed by atoms with Gasteiger partial charge in [0.15, 0.2) is 5.56 Å². The smallest absolute Gasteiger partial charge is 0.410 e. The third kappa shape index (κ3) is 5.33. The van der Waals surface area contributed by atoms with Gasteiger partial charge >= 0.3 is 18.0 Å². The van der Waals surface area contributed by atoms with Crippen LogP contribution in [0.2, 0.25) is 0 Å². The number of benzene rings is 2. The van der Waals surface area contributed by atoms with Crippen molar-refractivity contribution < 1.29 is 33.9 Å². The number of carbonyl (C=O) groups excluding carboxylic acids is 2. The molecule has 1 aliphatic rings. The third-order valence-electron chi connectivity index (χ3n) is 5.48. The second kappa shape index (κ2) is 9.50. The van der Waals surface area contributed by atoms with Crippen LogP contribution in [0.4, 0.5) is 10.5 Å². The number of nitro benzene ring substituents is 1. The first kappa shape index (κ1) is 24.7. The summed E-state index contributed by atoms with van der Waals surface area (Å²) in [5.41, 5.74) is -2.98. The van der Waals surface area contributed by atoms with Crippen molar-refractivity contribution in [3.63, 3.8) is 0 Å². The Balaban J connectivity index is 1.92. The van der Waals surface area contributed by atoms with Crippen molar-refractivity contribution in [2.75, 3.05) is 13.1 Å². The average Bonchev–Trinajstić information content (AvgIpc) is 2.78. The Morgan fingerprint density at radius 2 is 1.65 bits per heavy atom. The zero-order chi connectivity index (χ0) is 25.1. The van der Waals surface area contributed by atoms with Gasteiger partial charge in [0.1, 0.15) is 11.2 Å². The van der Waals surface area contributed by atoms with Crippen LogP contribution in [-0.2, 0) is 15.1 Å². The van der Waals surface area contributed by atoms with Crippen molar-refractivity contribution in [3.05, 3.63) is 75.3 Å². The molecule has 1 N–H and O–H groups in total. The van der Waals surface area contributed by atoms with Crippen LogP contribution in [0.3, 0.4) is 0 Å². The number of piperidine rings is 1. The molecule has 2 aromatic carbocycles. The zero-order valence-corrected chi connectivity index (χ0v) is 19.1. The van der Waals surface area contributed by atoms with Gasteiger partial charge in [0.2, 0.25) is 0 Å². The van der Waals surface area contributed by atoms with Crippen molar-refractivity contribution in [3.8, 4) is 0 Å². The van der Waals surface area contributed by atoms with Crippen molar-refractivity contribution in [2.24, 2.45) is 0 Å². The quantitative estimate of drug-likeness (QED) is 0.386. The van der Waals surface area contributed by atoms with Crippen LogP contribution in [0.25, 0.3) is 0 Å². The van der Waals surface area contributed by atoms with Crippen LogP contribution in [0.1, 0.15) is 59.9 Å². The summed E-state index contributed by atoms with van der Waals surface area (Å²) in [4.78, 5) is 49.4. The number of aromatic carboxylic acids is 1. The molecule has 0 bridgehead atoms. The summed E-state index contributed by atoms with van der Waals surface area (Å²) in [6.07, 6.45) is -0.00843. The number of carbonyl (C=O) groups is 3. The van der Waals surface area contributed by atoms with Crippen LogP contribution < -0.4 is 0 Å². The summed E-state index contributed by atoms with van der Waals surface area (Å²) in [5.74, 6) is -2.59. The van der Waals surface area contributed by atoms with E-state index >= 15 is 0 Å². The fourth-order valence-corrected chi connectivity index (χ4v) is 3.89. The maximum absolute atomic E-state index is 13.2. The van der Waals surface area contributed by atoms with Crippen LogP contribution in [0.15, 0.2) is 48.5 Å². The first-order chi connectivity index (χ1) is 15.9. The minimum Gasteiger partial charge on any atom is -0.477 e. The molecule has 0 radical (unpaired) electrons. The molecular weight excluding hydrogens is 444 g/mol. The van der Waals surface area contributed by atoms with Crippen LogP contribution in [-0.4, -0.2) is 51.7 Å². The Bertz CT molecular complexity index is 1100. The predicted molar refractivity (Wildman–Crippen MR) is 121 cm³/mol.